The largest absolute Gasteiger partial charge is 0.352 e. The van der Waals surface area contributed by atoms with Gasteiger partial charge in [-0.1, -0.05) is 6.07 Å². The summed E-state index contributed by atoms with van der Waals surface area (Å²) in [5, 5.41) is 0. The summed E-state index contributed by atoms with van der Waals surface area (Å²) < 4.78 is 10.0. The summed E-state index contributed by atoms with van der Waals surface area (Å²) in [6, 6.07) is 3.76. The van der Waals surface area contributed by atoms with Gasteiger partial charge in [0.1, 0.15) is 0 Å². The standard InChI is InChI=1S/C8H11NO2/c1-10-8(11-2)7-4-3-5-9-6-7/h3-6,8H,1-2H3. The molecular weight excluding hydrogens is 142 g/mol. The third-order valence-corrected chi connectivity index (χ3v) is 1.38. The Bertz CT molecular complexity index is 197. The zero-order valence-corrected chi connectivity index (χ0v) is 6.65. The van der Waals surface area contributed by atoms with Gasteiger partial charge in [0, 0.05) is 32.2 Å². The van der Waals surface area contributed by atoms with E-state index >= 15 is 0 Å². The highest BCUT2D eigenvalue weighted by Crippen LogP contribution is 2.14. The first kappa shape index (κ1) is 8.17. The van der Waals surface area contributed by atoms with Crippen LogP contribution < -0.4 is 0 Å². The molecule has 0 aliphatic rings. The maximum atomic E-state index is 5.02. The molecular formula is C8H11NO2. The lowest BCUT2D eigenvalue weighted by Gasteiger charge is -2.11. The first-order valence-electron chi connectivity index (χ1n) is 3.34. The minimum Gasteiger partial charge on any atom is -0.352 e. The summed E-state index contributed by atoms with van der Waals surface area (Å²) in [7, 11) is 3.20. The van der Waals surface area contributed by atoms with Crippen LogP contribution in [0.1, 0.15) is 11.9 Å². The minimum atomic E-state index is -0.302. The van der Waals surface area contributed by atoms with Crippen LogP contribution in [-0.4, -0.2) is 19.2 Å². The number of hydrogen-bond donors (Lipinski definition) is 0. The predicted octanol–water partition coefficient (Wildman–Crippen LogP) is 1.37. The van der Waals surface area contributed by atoms with Crippen LogP contribution in [0.4, 0.5) is 0 Å². The van der Waals surface area contributed by atoms with Crippen molar-refractivity contribution in [2.24, 2.45) is 0 Å². The Labute approximate surface area is 66.0 Å². The Balaban J connectivity index is 2.74. The second kappa shape index (κ2) is 4.05. The number of aromatic nitrogens is 1. The second-order valence-corrected chi connectivity index (χ2v) is 2.09. The normalized spacial score (nSPS) is 10.5. The molecule has 0 amide bonds. The van der Waals surface area contributed by atoms with Crippen LogP contribution in [0.5, 0.6) is 0 Å². The van der Waals surface area contributed by atoms with Crippen molar-refractivity contribution in [2.75, 3.05) is 14.2 Å². The lowest BCUT2D eigenvalue weighted by Crippen LogP contribution is -2.03. The highest BCUT2D eigenvalue weighted by Gasteiger charge is 2.06. The van der Waals surface area contributed by atoms with Crippen molar-refractivity contribution in [3.63, 3.8) is 0 Å². The van der Waals surface area contributed by atoms with Gasteiger partial charge in [-0.3, -0.25) is 4.98 Å². The molecule has 0 N–H and O–H groups in total. The van der Waals surface area contributed by atoms with Gasteiger partial charge in [0.2, 0.25) is 0 Å². The van der Waals surface area contributed by atoms with Gasteiger partial charge in [-0.2, -0.15) is 0 Å². The monoisotopic (exact) mass is 153 g/mol. The van der Waals surface area contributed by atoms with Crippen LogP contribution in [0.15, 0.2) is 24.5 Å². The molecule has 0 aromatic carbocycles. The van der Waals surface area contributed by atoms with Gasteiger partial charge < -0.3 is 9.47 Å². The lowest BCUT2D eigenvalue weighted by atomic mass is 10.3. The molecule has 0 fully saturated rings. The fourth-order valence-corrected chi connectivity index (χ4v) is 0.884. The van der Waals surface area contributed by atoms with E-state index in [9.17, 15) is 0 Å². The van der Waals surface area contributed by atoms with Crippen molar-refractivity contribution in [3.8, 4) is 0 Å². The van der Waals surface area contributed by atoms with Crippen molar-refractivity contribution in [2.45, 2.75) is 6.29 Å². The maximum absolute atomic E-state index is 5.02. The summed E-state index contributed by atoms with van der Waals surface area (Å²) in [5.74, 6) is 0. The SMILES string of the molecule is COC(OC)c1cccnc1. The molecule has 3 nitrogen and oxygen atoms in total. The fourth-order valence-electron chi connectivity index (χ4n) is 0.884. The van der Waals surface area contributed by atoms with E-state index in [0.29, 0.717) is 0 Å². The molecule has 60 valence electrons. The fraction of sp³-hybridized carbons (Fsp3) is 0.375. The molecule has 1 aromatic heterocycles. The lowest BCUT2D eigenvalue weighted by molar-refractivity contribution is -0.106. The Morgan fingerprint density at radius 2 is 2.09 bits per heavy atom. The number of methoxy groups -OCH3 is 2. The molecule has 0 aliphatic carbocycles. The molecule has 0 unspecified atom stereocenters. The Morgan fingerprint density at radius 1 is 1.36 bits per heavy atom. The van der Waals surface area contributed by atoms with E-state index in [0.717, 1.165) is 5.56 Å². The van der Waals surface area contributed by atoms with Crippen LogP contribution >= 0.6 is 0 Å². The average molecular weight is 153 g/mol. The number of ether oxygens (including phenoxy) is 2. The Morgan fingerprint density at radius 3 is 2.55 bits per heavy atom. The topological polar surface area (TPSA) is 31.4 Å². The minimum absolute atomic E-state index is 0.302. The number of rotatable bonds is 3. The van der Waals surface area contributed by atoms with Crippen LogP contribution in [-0.2, 0) is 9.47 Å². The molecule has 0 saturated carbocycles. The summed E-state index contributed by atoms with van der Waals surface area (Å²) >= 11 is 0. The quantitative estimate of drug-likeness (QED) is 0.614. The van der Waals surface area contributed by atoms with E-state index in [1.165, 1.54) is 0 Å². The van der Waals surface area contributed by atoms with Crippen LogP contribution in [0.25, 0.3) is 0 Å². The summed E-state index contributed by atoms with van der Waals surface area (Å²) in [4.78, 5) is 3.94. The third-order valence-electron chi connectivity index (χ3n) is 1.38. The van der Waals surface area contributed by atoms with Gasteiger partial charge >= 0.3 is 0 Å². The third kappa shape index (κ3) is 2.00. The van der Waals surface area contributed by atoms with E-state index in [2.05, 4.69) is 4.98 Å². The van der Waals surface area contributed by atoms with Crippen molar-refractivity contribution in [1.82, 2.24) is 4.98 Å². The summed E-state index contributed by atoms with van der Waals surface area (Å²) in [6.07, 6.45) is 3.13. The van der Waals surface area contributed by atoms with E-state index in [-0.39, 0.29) is 6.29 Å². The van der Waals surface area contributed by atoms with Gasteiger partial charge in [-0.25, -0.2) is 0 Å². The number of nitrogens with zero attached hydrogens (tertiary/aromatic N) is 1. The molecule has 1 rings (SSSR count). The van der Waals surface area contributed by atoms with Crippen molar-refractivity contribution in [3.05, 3.63) is 30.1 Å². The smallest absolute Gasteiger partial charge is 0.184 e. The van der Waals surface area contributed by atoms with Gasteiger partial charge in [-0.05, 0) is 6.07 Å². The zero-order valence-electron chi connectivity index (χ0n) is 6.65. The number of hydrogen-bond acceptors (Lipinski definition) is 3. The van der Waals surface area contributed by atoms with Gasteiger partial charge in [-0.15, -0.1) is 0 Å². The molecule has 0 atom stereocenters. The molecule has 0 aliphatic heterocycles. The van der Waals surface area contributed by atoms with Crippen molar-refractivity contribution in [1.29, 1.82) is 0 Å². The Kier molecular flexibility index (Phi) is 3.01. The van der Waals surface area contributed by atoms with Gasteiger partial charge in [0.05, 0.1) is 0 Å². The molecule has 11 heavy (non-hydrogen) atoms. The molecule has 1 heterocycles. The predicted molar refractivity (Wildman–Crippen MR) is 41.0 cm³/mol. The van der Waals surface area contributed by atoms with Gasteiger partial charge in [0.15, 0.2) is 6.29 Å². The molecule has 0 radical (unpaired) electrons. The van der Waals surface area contributed by atoms with Crippen LogP contribution in [0.3, 0.4) is 0 Å². The van der Waals surface area contributed by atoms with E-state index in [1.807, 2.05) is 12.1 Å². The molecule has 0 saturated heterocycles. The highest BCUT2D eigenvalue weighted by molar-refractivity contribution is 5.09. The maximum Gasteiger partial charge on any atom is 0.184 e. The van der Waals surface area contributed by atoms with Gasteiger partial charge in [0.25, 0.3) is 0 Å². The second-order valence-electron chi connectivity index (χ2n) is 2.09. The number of pyridine rings is 1. The summed E-state index contributed by atoms with van der Waals surface area (Å²) in [5.41, 5.74) is 0.928. The Hall–Kier alpha value is -0.930. The summed E-state index contributed by atoms with van der Waals surface area (Å²) in [6.45, 7) is 0. The van der Waals surface area contributed by atoms with Crippen LogP contribution in [0, 0.1) is 0 Å². The first-order valence-corrected chi connectivity index (χ1v) is 3.34. The first-order chi connectivity index (χ1) is 5.38. The molecule has 3 heteroatoms. The molecule has 1 aromatic rings. The van der Waals surface area contributed by atoms with E-state index in [4.69, 9.17) is 9.47 Å². The van der Waals surface area contributed by atoms with Crippen LogP contribution in [0.2, 0.25) is 0 Å². The van der Waals surface area contributed by atoms with Crippen molar-refractivity contribution < 1.29 is 9.47 Å². The van der Waals surface area contributed by atoms with E-state index in [1.54, 1.807) is 26.6 Å². The van der Waals surface area contributed by atoms with E-state index < -0.39 is 0 Å². The highest BCUT2D eigenvalue weighted by atomic mass is 16.7. The average Bonchev–Trinajstić information content (AvgIpc) is 2.09. The molecule has 0 spiro atoms. The zero-order chi connectivity index (χ0) is 8.10. The molecule has 0 bridgehead atoms. The van der Waals surface area contributed by atoms with Crippen molar-refractivity contribution >= 4 is 0 Å².